The van der Waals surface area contributed by atoms with Crippen molar-refractivity contribution in [1.82, 2.24) is 5.32 Å². The van der Waals surface area contributed by atoms with Gasteiger partial charge in [-0.1, -0.05) is 31.9 Å². The summed E-state index contributed by atoms with van der Waals surface area (Å²) in [6.07, 6.45) is 4.77. The number of methoxy groups -OCH3 is 1. The van der Waals surface area contributed by atoms with E-state index in [9.17, 15) is 0 Å². The van der Waals surface area contributed by atoms with Crippen molar-refractivity contribution in [3.63, 3.8) is 0 Å². The molecule has 1 aromatic rings. The lowest BCUT2D eigenvalue weighted by Crippen LogP contribution is -2.61. The van der Waals surface area contributed by atoms with Crippen molar-refractivity contribution < 1.29 is 4.74 Å². The second-order valence-corrected chi connectivity index (χ2v) is 5.64. The summed E-state index contributed by atoms with van der Waals surface area (Å²) in [5.41, 5.74) is 7.78. The highest BCUT2D eigenvalue weighted by Gasteiger charge is 2.42. The van der Waals surface area contributed by atoms with Crippen molar-refractivity contribution in [2.45, 2.75) is 50.1 Å². The number of nitrogens with one attached hydrogen (secondary N) is 1. The molecule has 0 heterocycles. The molecule has 0 amide bonds. The van der Waals surface area contributed by atoms with Crippen LogP contribution in [0.2, 0.25) is 0 Å². The molecule has 2 rings (SSSR count). The molecule has 3 heteroatoms. The molecule has 3 nitrogen and oxygen atoms in total. The number of rotatable bonds is 4. The van der Waals surface area contributed by atoms with Crippen LogP contribution in [-0.2, 0) is 0 Å². The first-order valence-electron chi connectivity index (χ1n) is 7.22. The lowest BCUT2D eigenvalue weighted by Gasteiger charge is -2.47. The number of likely N-dealkylation sites (N-methyl/N-ethyl adjacent to an activating group) is 1. The van der Waals surface area contributed by atoms with Gasteiger partial charge in [-0.05, 0) is 37.6 Å². The summed E-state index contributed by atoms with van der Waals surface area (Å²) >= 11 is 0. The lowest BCUT2D eigenvalue weighted by molar-refractivity contribution is 0.176. The Morgan fingerprint density at radius 3 is 2.53 bits per heavy atom. The van der Waals surface area contributed by atoms with Crippen LogP contribution in [-0.4, -0.2) is 25.7 Å². The van der Waals surface area contributed by atoms with Crippen LogP contribution in [0.4, 0.5) is 0 Å². The Hall–Kier alpha value is -1.06. The van der Waals surface area contributed by atoms with E-state index in [0.29, 0.717) is 5.92 Å². The van der Waals surface area contributed by atoms with E-state index in [-0.39, 0.29) is 11.6 Å². The van der Waals surface area contributed by atoms with Gasteiger partial charge in [-0.2, -0.15) is 0 Å². The van der Waals surface area contributed by atoms with Crippen LogP contribution >= 0.6 is 0 Å². The molecular weight excluding hydrogens is 236 g/mol. The molecule has 1 aliphatic carbocycles. The zero-order valence-electron chi connectivity index (χ0n) is 12.3. The first-order valence-corrected chi connectivity index (χ1v) is 7.22. The molecule has 0 bridgehead atoms. The second-order valence-electron chi connectivity index (χ2n) is 5.64. The van der Waals surface area contributed by atoms with Crippen LogP contribution in [0, 0.1) is 0 Å². The fourth-order valence-corrected chi connectivity index (χ4v) is 3.48. The van der Waals surface area contributed by atoms with Crippen LogP contribution < -0.4 is 15.8 Å². The summed E-state index contributed by atoms with van der Waals surface area (Å²) in [7, 11) is 3.75. The molecule has 3 atom stereocenters. The maximum atomic E-state index is 6.43. The number of nitrogens with two attached hydrogens (primary N) is 1. The summed E-state index contributed by atoms with van der Waals surface area (Å²) in [6.45, 7) is 2.28. The monoisotopic (exact) mass is 262 g/mol. The molecule has 2 unspecified atom stereocenters. The van der Waals surface area contributed by atoms with E-state index >= 15 is 0 Å². The molecule has 1 saturated carbocycles. The van der Waals surface area contributed by atoms with Gasteiger partial charge >= 0.3 is 0 Å². The standard InChI is InChI=1S/C16H26N2O/c1-12(13-7-9-14(19-3)10-8-13)16(18-2)11-5-4-6-15(16)17/h7-10,12,15,18H,4-6,11,17H2,1-3H3/t12-,15?,16?/m0/s1. The molecular formula is C16H26N2O. The van der Waals surface area contributed by atoms with Crippen molar-refractivity contribution in [3.05, 3.63) is 29.8 Å². The van der Waals surface area contributed by atoms with Gasteiger partial charge in [-0.3, -0.25) is 0 Å². The van der Waals surface area contributed by atoms with Crippen molar-refractivity contribution in [3.8, 4) is 5.75 Å². The highest BCUT2D eigenvalue weighted by atomic mass is 16.5. The van der Waals surface area contributed by atoms with Gasteiger partial charge in [0.15, 0.2) is 0 Å². The number of hydrogen-bond acceptors (Lipinski definition) is 3. The highest BCUT2D eigenvalue weighted by Crippen LogP contribution is 2.39. The van der Waals surface area contributed by atoms with Crippen molar-refractivity contribution in [2.24, 2.45) is 5.73 Å². The summed E-state index contributed by atoms with van der Waals surface area (Å²) in [5.74, 6) is 1.31. The number of ether oxygens (including phenoxy) is 1. The van der Waals surface area contributed by atoms with Gasteiger partial charge in [0.05, 0.1) is 7.11 Å². The number of hydrogen-bond donors (Lipinski definition) is 2. The Balaban J connectivity index is 2.26. The van der Waals surface area contributed by atoms with Gasteiger partial charge in [0.25, 0.3) is 0 Å². The summed E-state index contributed by atoms with van der Waals surface area (Å²) in [4.78, 5) is 0. The molecule has 0 aliphatic heterocycles. The molecule has 0 radical (unpaired) electrons. The van der Waals surface area contributed by atoms with E-state index in [1.165, 1.54) is 18.4 Å². The predicted molar refractivity (Wildman–Crippen MR) is 79.6 cm³/mol. The minimum Gasteiger partial charge on any atom is -0.497 e. The topological polar surface area (TPSA) is 47.3 Å². The number of benzene rings is 1. The van der Waals surface area contributed by atoms with Crippen LogP contribution in [0.15, 0.2) is 24.3 Å². The van der Waals surface area contributed by atoms with Gasteiger partial charge in [0.2, 0.25) is 0 Å². The smallest absolute Gasteiger partial charge is 0.118 e. The third-order valence-electron chi connectivity index (χ3n) is 4.87. The Morgan fingerprint density at radius 1 is 1.32 bits per heavy atom. The third-order valence-corrected chi connectivity index (χ3v) is 4.87. The largest absolute Gasteiger partial charge is 0.497 e. The average molecular weight is 262 g/mol. The van der Waals surface area contributed by atoms with E-state index < -0.39 is 0 Å². The van der Waals surface area contributed by atoms with Gasteiger partial charge in [0, 0.05) is 17.5 Å². The molecule has 3 N–H and O–H groups in total. The van der Waals surface area contributed by atoms with Gasteiger partial charge < -0.3 is 15.8 Å². The second kappa shape index (κ2) is 5.93. The van der Waals surface area contributed by atoms with Crippen molar-refractivity contribution in [2.75, 3.05) is 14.2 Å². The van der Waals surface area contributed by atoms with Crippen LogP contribution in [0.25, 0.3) is 0 Å². The molecule has 0 spiro atoms. The van der Waals surface area contributed by atoms with Crippen LogP contribution in [0.3, 0.4) is 0 Å². The maximum absolute atomic E-state index is 6.43. The third kappa shape index (κ3) is 2.63. The Bertz CT molecular complexity index is 404. The van der Waals surface area contributed by atoms with Gasteiger partial charge in [-0.15, -0.1) is 0 Å². The van der Waals surface area contributed by atoms with Crippen molar-refractivity contribution in [1.29, 1.82) is 0 Å². The van der Waals surface area contributed by atoms with E-state index in [1.807, 2.05) is 19.2 Å². The summed E-state index contributed by atoms with van der Waals surface area (Å²) in [6, 6.07) is 8.60. The SMILES string of the molecule is CNC1([C@@H](C)c2ccc(OC)cc2)CCCCC1N. The molecule has 0 saturated heterocycles. The lowest BCUT2D eigenvalue weighted by atomic mass is 9.68. The Morgan fingerprint density at radius 2 is 2.00 bits per heavy atom. The first-order chi connectivity index (χ1) is 9.14. The highest BCUT2D eigenvalue weighted by molar-refractivity contribution is 5.32. The quantitative estimate of drug-likeness (QED) is 0.877. The van der Waals surface area contributed by atoms with Crippen molar-refractivity contribution >= 4 is 0 Å². The average Bonchev–Trinajstić information content (AvgIpc) is 2.47. The summed E-state index contributed by atoms with van der Waals surface area (Å²) in [5, 5.41) is 3.54. The van der Waals surface area contributed by atoms with E-state index in [4.69, 9.17) is 10.5 Å². The minimum absolute atomic E-state index is 0.0207. The Labute approximate surface area is 116 Å². The molecule has 106 valence electrons. The Kier molecular flexibility index (Phi) is 4.48. The van der Waals surface area contributed by atoms with E-state index in [2.05, 4.69) is 24.4 Å². The molecule has 1 aliphatic rings. The fraction of sp³-hybridized carbons (Fsp3) is 0.625. The van der Waals surface area contributed by atoms with Gasteiger partial charge in [-0.25, -0.2) is 0 Å². The minimum atomic E-state index is 0.0207. The predicted octanol–water partition coefficient (Wildman–Crippen LogP) is 2.66. The maximum Gasteiger partial charge on any atom is 0.118 e. The molecule has 0 aromatic heterocycles. The first kappa shape index (κ1) is 14.4. The fourth-order valence-electron chi connectivity index (χ4n) is 3.48. The summed E-state index contributed by atoms with van der Waals surface area (Å²) < 4.78 is 5.23. The normalized spacial score (nSPS) is 28.9. The van der Waals surface area contributed by atoms with Crippen LogP contribution in [0.5, 0.6) is 5.75 Å². The van der Waals surface area contributed by atoms with E-state index in [0.717, 1.165) is 18.6 Å². The molecule has 1 fully saturated rings. The zero-order valence-corrected chi connectivity index (χ0v) is 12.3. The van der Waals surface area contributed by atoms with Gasteiger partial charge in [0.1, 0.15) is 5.75 Å². The van der Waals surface area contributed by atoms with E-state index in [1.54, 1.807) is 7.11 Å². The molecule has 1 aromatic carbocycles. The molecule has 19 heavy (non-hydrogen) atoms. The zero-order chi connectivity index (χ0) is 13.9. The van der Waals surface area contributed by atoms with Crippen LogP contribution in [0.1, 0.15) is 44.1 Å².